The van der Waals surface area contributed by atoms with E-state index in [0.717, 1.165) is 33.8 Å². The first-order chi connectivity index (χ1) is 15.4. The molecule has 2 heterocycles. The van der Waals surface area contributed by atoms with Gasteiger partial charge in [0, 0.05) is 22.1 Å². The summed E-state index contributed by atoms with van der Waals surface area (Å²) >= 11 is 0. The van der Waals surface area contributed by atoms with Gasteiger partial charge in [0.1, 0.15) is 11.3 Å². The molecule has 0 fully saturated rings. The van der Waals surface area contributed by atoms with Crippen LogP contribution in [-0.2, 0) is 5.41 Å². The van der Waals surface area contributed by atoms with E-state index in [2.05, 4.69) is 107 Å². The Morgan fingerprint density at radius 1 is 0.812 bits per heavy atom. The summed E-state index contributed by atoms with van der Waals surface area (Å²) in [6, 6.07) is 28.0. The maximum Gasteiger partial charge on any atom is 0.182 e. The molecule has 1 aliphatic heterocycles. The minimum absolute atomic E-state index is 0.111. The standard InChI is InChI=1S/C30H26O2/c1-18-9-15-24-23(17-18)27-26-22-8-6-5-7-19(22)12-16-25(26)32-29(27)28(31-24)20-10-13-21(14-11-20)30(2,3)4/h5-17,28H,1-4H3. The molecule has 158 valence electrons. The molecule has 2 nitrogen and oxygen atoms in total. The van der Waals surface area contributed by atoms with Crippen LogP contribution in [0.1, 0.15) is 49.3 Å². The number of hydrogen-bond donors (Lipinski definition) is 0. The summed E-state index contributed by atoms with van der Waals surface area (Å²) in [4.78, 5) is 0. The van der Waals surface area contributed by atoms with Crippen molar-refractivity contribution in [1.29, 1.82) is 0 Å². The van der Waals surface area contributed by atoms with E-state index in [4.69, 9.17) is 9.15 Å². The summed E-state index contributed by atoms with van der Waals surface area (Å²) in [5, 5.41) is 3.60. The van der Waals surface area contributed by atoms with Crippen molar-refractivity contribution in [2.75, 3.05) is 0 Å². The Bertz CT molecular complexity index is 1480. The molecule has 32 heavy (non-hydrogen) atoms. The van der Waals surface area contributed by atoms with Crippen LogP contribution in [0.4, 0.5) is 0 Å². The van der Waals surface area contributed by atoms with E-state index in [1.54, 1.807) is 0 Å². The van der Waals surface area contributed by atoms with Crippen molar-refractivity contribution in [1.82, 2.24) is 0 Å². The van der Waals surface area contributed by atoms with Gasteiger partial charge in [0.15, 0.2) is 11.9 Å². The van der Waals surface area contributed by atoms with Gasteiger partial charge in [-0.2, -0.15) is 0 Å². The second kappa shape index (κ2) is 6.74. The van der Waals surface area contributed by atoms with Gasteiger partial charge in [-0.15, -0.1) is 0 Å². The number of ether oxygens (including phenoxy) is 1. The molecule has 5 aromatic rings. The van der Waals surface area contributed by atoms with Gasteiger partial charge in [-0.3, -0.25) is 0 Å². The van der Waals surface area contributed by atoms with Crippen molar-refractivity contribution in [3.63, 3.8) is 0 Å². The topological polar surface area (TPSA) is 22.4 Å². The first-order valence-electron chi connectivity index (χ1n) is 11.2. The number of aryl methyl sites for hydroxylation is 1. The van der Waals surface area contributed by atoms with Crippen LogP contribution < -0.4 is 4.74 Å². The Morgan fingerprint density at radius 2 is 1.59 bits per heavy atom. The highest BCUT2D eigenvalue weighted by Crippen LogP contribution is 2.51. The molecule has 0 radical (unpaired) electrons. The largest absolute Gasteiger partial charge is 0.477 e. The molecule has 0 saturated carbocycles. The van der Waals surface area contributed by atoms with Gasteiger partial charge < -0.3 is 9.15 Å². The van der Waals surface area contributed by atoms with Gasteiger partial charge in [0.25, 0.3) is 0 Å². The van der Waals surface area contributed by atoms with Gasteiger partial charge in [0.2, 0.25) is 0 Å². The maximum absolute atomic E-state index is 6.57. The average Bonchev–Trinajstić information content (AvgIpc) is 3.19. The Hall–Kier alpha value is -3.52. The second-order valence-electron chi connectivity index (χ2n) is 9.87. The SMILES string of the molecule is Cc1ccc2c(c1)-c1c(oc3ccc4ccccc4c13)C(c1ccc(C(C)(C)C)cc1)O2. The fourth-order valence-electron chi connectivity index (χ4n) is 4.84. The molecule has 1 aliphatic rings. The minimum atomic E-state index is -0.277. The van der Waals surface area contributed by atoms with Gasteiger partial charge in [0.05, 0.1) is 0 Å². The molecule has 6 rings (SSSR count). The number of benzene rings is 4. The smallest absolute Gasteiger partial charge is 0.182 e. The molecule has 4 aromatic carbocycles. The van der Waals surface area contributed by atoms with E-state index in [-0.39, 0.29) is 11.5 Å². The predicted octanol–water partition coefficient (Wildman–Crippen LogP) is 8.34. The van der Waals surface area contributed by atoms with Gasteiger partial charge in [-0.1, -0.05) is 87.0 Å². The van der Waals surface area contributed by atoms with Crippen LogP contribution >= 0.6 is 0 Å². The minimum Gasteiger partial charge on any atom is -0.477 e. The van der Waals surface area contributed by atoms with Crippen molar-refractivity contribution in [3.8, 4) is 16.9 Å². The lowest BCUT2D eigenvalue weighted by molar-refractivity contribution is 0.214. The van der Waals surface area contributed by atoms with Crippen LogP contribution in [0.5, 0.6) is 5.75 Å². The zero-order valence-electron chi connectivity index (χ0n) is 18.9. The monoisotopic (exact) mass is 418 g/mol. The highest BCUT2D eigenvalue weighted by molar-refractivity contribution is 6.14. The molecule has 0 saturated heterocycles. The Kier molecular flexibility index (Phi) is 4.04. The lowest BCUT2D eigenvalue weighted by atomic mass is 9.85. The molecule has 1 atom stereocenters. The summed E-state index contributed by atoms with van der Waals surface area (Å²) in [6.07, 6.45) is -0.277. The fraction of sp³-hybridized carbons (Fsp3) is 0.200. The molecular weight excluding hydrogens is 392 g/mol. The Morgan fingerprint density at radius 3 is 2.38 bits per heavy atom. The van der Waals surface area contributed by atoms with Crippen LogP contribution in [0.3, 0.4) is 0 Å². The first kappa shape index (κ1) is 19.2. The maximum atomic E-state index is 6.57. The van der Waals surface area contributed by atoms with Gasteiger partial charge >= 0.3 is 0 Å². The third-order valence-corrected chi connectivity index (χ3v) is 6.57. The zero-order chi connectivity index (χ0) is 22.0. The molecule has 0 amide bonds. The van der Waals surface area contributed by atoms with E-state index >= 15 is 0 Å². The third-order valence-electron chi connectivity index (χ3n) is 6.57. The fourth-order valence-corrected chi connectivity index (χ4v) is 4.84. The highest BCUT2D eigenvalue weighted by atomic mass is 16.5. The number of rotatable bonds is 1. The van der Waals surface area contributed by atoms with E-state index in [1.807, 2.05) is 0 Å². The van der Waals surface area contributed by atoms with Crippen molar-refractivity contribution in [2.45, 2.75) is 39.2 Å². The summed E-state index contributed by atoms with van der Waals surface area (Å²) in [5.74, 6) is 1.79. The van der Waals surface area contributed by atoms with Gasteiger partial charge in [-0.05, 0) is 46.9 Å². The first-order valence-corrected chi connectivity index (χ1v) is 11.2. The summed E-state index contributed by atoms with van der Waals surface area (Å²) in [6.45, 7) is 8.83. The number of fused-ring (bicyclic) bond motifs is 7. The number of hydrogen-bond acceptors (Lipinski definition) is 2. The third kappa shape index (κ3) is 2.86. The van der Waals surface area contributed by atoms with Gasteiger partial charge in [-0.25, -0.2) is 0 Å². The van der Waals surface area contributed by atoms with Crippen LogP contribution in [0, 0.1) is 6.92 Å². The summed E-state index contributed by atoms with van der Waals surface area (Å²) in [7, 11) is 0. The second-order valence-corrected chi connectivity index (χ2v) is 9.87. The van der Waals surface area contributed by atoms with Crippen LogP contribution in [0.2, 0.25) is 0 Å². The lowest BCUT2D eigenvalue weighted by Crippen LogP contribution is -2.15. The molecule has 0 N–H and O–H groups in total. The van der Waals surface area contributed by atoms with Crippen molar-refractivity contribution in [2.24, 2.45) is 0 Å². The van der Waals surface area contributed by atoms with E-state index in [1.165, 1.54) is 27.3 Å². The van der Waals surface area contributed by atoms with Crippen molar-refractivity contribution in [3.05, 3.63) is 101 Å². The van der Waals surface area contributed by atoms with E-state index in [9.17, 15) is 0 Å². The van der Waals surface area contributed by atoms with Crippen molar-refractivity contribution < 1.29 is 9.15 Å². The van der Waals surface area contributed by atoms with Crippen molar-refractivity contribution >= 4 is 21.7 Å². The predicted molar refractivity (Wildman–Crippen MR) is 132 cm³/mol. The molecule has 0 bridgehead atoms. The molecular formula is C30H26O2. The quantitative estimate of drug-likeness (QED) is 0.273. The van der Waals surface area contributed by atoms with Crippen LogP contribution in [-0.4, -0.2) is 0 Å². The van der Waals surface area contributed by atoms with Crippen LogP contribution in [0.15, 0.2) is 83.3 Å². The molecule has 1 unspecified atom stereocenters. The summed E-state index contributed by atoms with van der Waals surface area (Å²) in [5.41, 5.74) is 6.91. The van der Waals surface area contributed by atoms with E-state index < -0.39 is 0 Å². The highest BCUT2D eigenvalue weighted by Gasteiger charge is 2.34. The molecule has 1 aromatic heterocycles. The molecule has 0 aliphatic carbocycles. The van der Waals surface area contributed by atoms with Crippen LogP contribution in [0.25, 0.3) is 32.9 Å². The normalized spacial score (nSPS) is 15.4. The van der Waals surface area contributed by atoms with E-state index in [0.29, 0.717) is 0 Å². The number of furan rings is 1. The zero-order valence-corrected chi connectivity index (χ0v) is 18.9. The Balaban J connectivity index is 1.63. The molecule has 0 spiro atoms. The Labute approximate surface area is 188 Å². The summed E-state index contributed by atoms with van der Waals surface area (Å²) < 4.78 is 13.1. The lowest BCUT2D eigenvalue weighted by Gasteiger charge is -2.27. The molecule has 2 heteroatoms. The average molecular weight is 419 g/mol.